The summed E-state index contributed by atoms with van der Waals surface area (Å²) in [6.45, 7) is 6.00. The SMILES string of the molecule is Cc1cc(-c2noc(C(F)F)n2)cnc1CN1CCC(c2cccc3c2OC(C)(c2ccc(Cl)cc2F)O3)CC1. The lowest BCUT2D eigenvalue weighted by atomic mass is 9.88. The minimum atomic E-state index is -2.82. The molecule has 1 fully saturated rings. The largest absolute Gasteiger partial charge is 0.444 e. The van der Waals surface area contributed by atoms with Crippen LogP contribution in [0.1, 0.15) is 60.4 Å². The number of alkyl halides is 2. The molecule has 2 aliphatic rings. The first kappa shape index (κ1) is 26.6. The van der Waals surface area contributed by atoms with Gasteiger partial charge in [-0.2, -0.15) is 13.8 Å². The third-order valence-electron chi connectivity index (χ3n) is 7.51. The first-order chi connectivity index (χ1) is 19.2. The molecule has 1 unspecified atom stereocenters. The van der Waals surface area contributed by atoms with Crippen LogP contribution in [-0.2, 0) is 12.3 Å². The lowest BCUT2D eigenvalue weighted by Crippen LogP contribution is -2.34. The van der Waals surface area contributed by atoms with Gasteiger partial charge >= 0.3 is 6.43 Å². The summed E-state index contributed by atoms with van der Waals surface area (Å²) in [6.07, 6.45) is 0.578. The zero-order valence-corrected chi connectivity index (χ0v) is 22.6. The molecule has 0 aliphatic carbocycles. The Hall–Kier alpha value is -3.63. The Morgan fingerprint density at radius 1 is 1.12 bits per heavy atom. The molecule has 2 aromatic heterocycles. The van der Waals surface area contributed by atoms with Crippen molar-refractivity contribution in [3.63, 3.8) is 0 Å². The summed E-state index contributed by atoms with van der Waals surface area (Å²) >= 11 is 5.94. The molecule has 1 atom stereocenters. The standard InChI is InChI=1S/C29H26ClF3N4O3/c1-16-12-18(27-35-28(26(32)33)40-36-27)14-34-23(16)15-37-10-8-17(9-11-37)20-4-3-5-24-25(20)39-29(2,38-24)21-7-6-19(30)13-22(21)31/h3-7,12-14,17,26H,8-11,15H2,1-2H3. The number of para-hydroxylation sites is 1. The monoisotopic (exact) mass is 570 g/mol. The second-order valence-electron chi connectivity index (χ2n) is 10.2. The van der Waals surface area contributed by atoms with Gasteiger partial charge in [0.15, 0.2) is 11.5 Å². The van der Waals surface area contributed by atoms with Gasteiger partial charge in [-0.15, -0.1) is 0 Å². The average molecular weight is 571 g/mol. The van der Waals surface area contributed by atoms with E-state index in [1.54, 1.807) is 25.3 Å². The van der Waals surface area contributed by atoms with Gasteiger partial charge in [0.25, 0.3) is 11.7 Å². The van der Waals surface area contributed by atoms with Gasteiger partial charge in [-0.05, 0) is 74.7 Å². The first-order valence-electron chi connectivity index (χ1n) is 13.0. The van der Waals surface area contributed by atoms with Gasteiger partial charge in [-0.3, -0.25) is 9.88 Å². The number of aryl methyl sites for hydroxylation is 1. The van der Waals surface area contributed by atoms with Crippen molar-refractivity contribution in [1.82, 2.24) is 20.0 Å². The van der Waals surface area contributed by atoms with Crippen LogP contribution in [0, 0.1) is 12.7 Å². The Morgan fingerprint density at radius 3 is 2.62 bits per heavy atom. The molecule has 0 amide bonds. The third kappa shape index (κ3) is 5.01. The van der Waals surface area contributed by atoms with E-state index in [9.17, 15) is 13.2 Å². The Kier molecular flexibility index (Phi) is 6.92. The van der Waals surface area contributed by atoms with Crippen LogP contribution in [0.2, 0.25) is 5.02 Å². The highest BCUT2D eigenvalue weighted by Crippen LogP contribution is 2.49. The quantitative estimate of drug-likeness (QED) is 0.243. The Morgan fingerprint density at radius 2 is 1.93 bits per heavy atom. The normalized spacial score (nSPS) is 19.5. The van der Waals surface area contributed by atoms with E-state index < -0.39 is 23.9 Å². The maximum Gasteiger partial charge on any atom is 0.315 e. The summed E-state index contributed by atoms with van der Waals surface area (Å²) in [4.78, 5) is 10.6. The number of hydrogen-bond acceptors (Lipinski definition) is 7. The van der Waals surface area contributed by atoms with Crippen molar-refractivity contribution < 1.29 is 27.2 Å². The summed E-state index contributed by atoms with van der Waals surface area (Å²) in [5, 5.41) is 3.94. The Bertz CT molecular complexity index is 1560. The first-order valence-corrected chi connectivity index (χ1v) is 13.3. The molecule has 6 rings (SSSR count). The lowest BCUT2D eigenvalue weighted by Gasteiger charge is -2.32. The van der Waals surface area contributed by atoms with Crippen LogP contribution in [0.15, 0.2) is 53.2 Å². The molecule has 0 N–H and O–H groups in total. The zero-order chi connectivity index (χ0) is 28.0. The molecule has 208 valence electrons. The number of rotatable bonds is 6. The molecule has 1 saturated heterocycles. The maximum absolute atomic E-state index is 14.7. The molecule has 40 heavy (non-hydrogen) atoms. The van der Waals surface area contributed by atoms with E-state index in [-0.39, 0.29) is 17.3 Å². The minimum absolute atomic E-state index is 0.0924. The maximum atomic E-state index is 14.7. The van der Waals surface area contributed by atoms with E-state index in [0.717, 1.165) is 42.8 Å². The van der Waals surface area contributed by atoms with E-state index >= 15 is 0 Å². The van der Waals surface area contributed by atoms with Crippen LogP contribution in [0.4, 0.5) is 13.2 Å². The van der Waals surface area contributed by atoms with Gasteiger partial charge in [0.05, 0.1) is 11.3 Å². The number of piperidine rings is 1. The van der Waals surface area contributed by atoms with Gasteiger partial charge in [-0.1, -0.05) is 28.9 Å². The van der Waals surface area contributed by atoms with E-state index in [4.69, 9.17) is 21.1 Å². The fraction of sp³-hybridized carbons (Fsp3) is 0.345. The van der Waals surface area contributed by atoms with Gasteiger partial charge in [0, 0.05) is 35.8 Å². The number of fused-ring (bicyclic) bond motifs is 1. The van der Waals surface area contributed by atoms with E-state index in [2.05, 4.69) is 24.5 Å². The highest BCUT2D eigenvalue weighted by molar-refractivity contribution is 6.30. The van der Waals surface area contributed by atoms with Crippen molar-refractivity contribution in [2.45, 2.75) is 51.4 Å². The summed E-state index contributed by atoms with van der Waals surface area (Å²) in [6, 6.07) is 12.1. The molecule has 2 aliphatic heterocycles. The van der Waals surface area contributed by atoms with Crippen molar-refractivity contribution in [1.29, 1.82) is 0 Å². The number of ether oxygens (including phenoxy) is 2. The molecule has 0 bridgehead atoms. The second-order valence-corrected chi connectivity index (χ2v) is 10.7. The van der Waals surface area contributed by atoms with E-state index in [1.165, 1.54) is 6.07 Å². The molecule has 0 radical (unpaired) electrons. The van der Waals surface area contributed by atoms with Crippen LogP contribution in [0.3, 0.4) is 0 Å². The third-order valence-corrected chi connectivity index (χ3v) is 7.74. The molecule has 4 heterocycles. The van der Waals surface area contributed by atoms with Gasteiger partial charge in [0.2, 0.25) is 5.82 Å². The van der Waals surface area contributed by atoms with Crippen LogP contribution in [-0.4, -0.2) is 33.1 Å². The van der Waals surface area contributed by atoms with E-state index in [1.807, 2.05) is 31.2 Å². The summed E-state index contributed by atoms with van der Waals surface area (Å²) in [7, 11) is 0. The van der Waals surface area contributed by atoms with Crippen LogP contribution >= 0.6 is 11.6 Å². The fourth-order valence-electron chi connectivity index (χ4n) is 5.38. The Balaban J connectivity index is 1.12. The number of likely N-dealkylation sites (tertiary alicyclic amines) is 1. The van der Waals surface area contributed by atoms with Crippen LogP contribution in [0.5, 0.6) is 11.5 Å². The summed E-state index contributed by atoms with van der Waals surface area (Å²) in [5.41, 5.74) is 3.69. The zero-order valence-electron chi connectivity index (χ0n) is 21.8. The number of halogens is 4. The highest BCUT2D eigenvalue weighted by atomic mass is 35.5. The lowest BCUT2D eigenvalue weighted by molar-refractivity contribution is -0.0712. The molecule has 0 saturated carbocycles. The topological polar surface area (TPSA) is 73.5 Å². The second kappa shape index (κ2) is 10.4. The summed E-state index contributed by atoms with van der Waals surface area (Å²) < 4.78 is 57.3. The van der Waals surface area contributed by atoms with Crippen molar-refractivity contribution >= 4 is 11.6 Å². The van der Waals surface area contributed by atoms with Crippen molar-refractivity contribution in [3.8, 4) is 22.9 Å². The number of nitrogens with zero attached hydrogens (tertiary/aromatic N) is 4. The predicted octanol–water partition coefficient (Wildman–Crippen LogP) is 7.19. The highest BCUT2D eigenvalue weighted by Gasteiger charge is 2.43. The van der Waals surface area contributed by atoms with Crippen molar-refractivity contribution in [2.24, 2.45) is 0 Å². The van der Waals surface area contributed by atoms with Crippen LogP contribution < -0.4 is 9.47 Å². The number of pyridine rings is 1. The van der Waals surface area contributed by atoms with E-state index in [0.29, 0.717) is 28.6 Å². The predicted molar refractivity (Wildman–Crippen MR) is 141 cm³/mol. The molecular weight excluding hydrogens is 545 g/mol. The fourth-order valence-corrected chi connectivity index (χ4v) is 5.54. The van der Waals surface area contributed by atoms with Crippen molar-refractivity contribution in [2.75, 3.05) is 13.1 Å². The number of benzene rings is 2. The molecule has 2 aromatic carbocycles. The average Bonchev–Trinajstić information content (AvgIpc) is 3.55. The molecule has 11 heteroatoms. The summed E-state index contributed by atoms with van der Waals surface area (Å²) in [5.74, 6) is -0.875. The molecule has 7 nitrogen and oxygen atoms in total. The van der Waals surface area contributed by atoms with Gasteiger partial charge in [0.1, 0.15) is 5.82 Å². The van der Waals surface area contributed by atoms with Gasteiger partial charge in [-0.25, -0.2) is 4.39 Å². The number of hydrogen-bond donors (Lipinski definition) is 0. The molecular formula is C29H26ClF3N4O3. The van der Waals surface area contributed by atoms with Gasteiger partial charge < -0.3 is 14.0 Å². The smallest absolute Gasteiger partial charge is 0.315 e. The van der Waals surface area contributed by atoms with Crippen LogP contribution in [0.25, 0.3) is 11.4 Å². The number of aromatic nitrogens is 3. The molecule has 4 aromatic rings. The Labute approximate surface area is 233 Å². The minimum Gasteiger partial charge on any atom is -0.444 e. The molecule has 0 spiro atoms. The van der Waals surface area contributed by atoms with Crippen molar-refractivity contribution in [3.05, 3.63) is 87.8 Å².